The van der Waals surface area contributed by atoms with E-state index in [1.165, 1.54) is 0 Å². The monoisotopic (exact) mass is 573 g/mol. The molecule has 1 saturated carbocycles. The average molecular weight is 574 g/mol. The van der Waals surface area contributed by atoms with Crippen molar-refractivity contribution in [2.45, 2.75) is 47.1 Å². The number of rotatable bonds is 9. The molecule has 1 amide bonds. The van der Waals surface area contributed by atoms with Crippen LogP contribution in [0, 0.1) is 41.2 Å². The number of carbonyl (C=O) groups excluding carboxylic acids is 1. The number of piperidine rings is 1. The number of fused-ring (bicyclic) bond motifs is 2. The van der Waals surface area contributed by atoms with E-state index in [1.54, 1.807) is 21.5 Å². The second kappa shape index (κ2) is 10.6. The summed E-state index contributed by atoms with van der Waals surface area (Å²) in [6.45, 7) is 12.3. The van der Waals surface area contributed by atoms with E-state index in [0.717, 1.165) is 12.1 Å². The molecular formula is C29H34ClF2N5O3. The normalized spacial score (nSPS) is 20.9. The van der Waals surface area contributed by atoms with Gasteiger partial charge in [-0.2, -0.15) is 9.61 Å². The van der Waals surface area contributed by atoms with Gasteiger partial charge in [0.1, 0.15) is 22.5 Å². The second-order valence-corrected chi connectivity index (χ2v) is 12.3. The number of anilines is 1. The lowest BCUT2D eigenvalue weighted by Crippen LogP contribution is -2.40. The molecule has 2 aromatic heterocycles. The molecule has 40 heavy (non-hydrogen) atoms. The summed E-state index contributed by atoms with van der Waals surface area (Å²) in [6.07, 6.45) is 0.132. The smallest absolute Gasteiger partial charge is 0.303 e. The lowest BCUT2D eigenvalue weighted by Gasteiger charge is -2.35. The summed E-state index contributed by atoms with van der Waals surface area (Å²) in [7, 11) is 0. The van der Waals surface area contributed by atoms with Gasteiger partial charge in [0, 0.05) is 49.8 Å². The van der Waals surface area contributed by atoms with E-state index < -0.39 is 22.6 Å². The van der Waals surface area contributed by atoms with E-state index in [9.17, 15) is 18.4 Å². The Morgan fingerprint density at radius 3 is 2.25 bits per heavy atom. The fourth-order valence-corrected chi connectivity index (χ4v) is 5.93. The van der Waals surface area contributed by atoms with Crippen molar-refractivity contribution < 1.29 is 23.5 Å². The van der Waals surface area contributed by atoms with Gasteiger partial charge < -0.3 is 14.9 Å². The molecule has 11 heteroatoms. The largest absolute Gasteiger partial charge is 0.481 e. The third kappa shape index (κ3) is 5.25. The van der Waals surface area contributed by atoms with E-state index in [1.807, 2.05) is 0 Å². The Labute approximate surface area is 236 Å². The molecule has 0 radical (unpaired) electrons. The summed E-state index contributed by atoms with van der Waals surface area (Å²) in [5.74, 6) is -1.03. The topological polar surface area (TPSA) is 91.0 Å². The number of carboxylic acids is 1. The summed E-state index contributed by atoms with van der Waals surface area (Å²) >= 11 is 5.73. The zero-order valence-electron chi connectivity index (χ0n) is 23.2. The van der Waals surface area contributed by atoms with Crippen molar-refractivity contribution in [2.24, 2.45) is 29.6 Å². The average Bonchev–Trinajstić information content (AvgIpc) is 3.24. The first kappa shape index (κ1) is 28.3. The minimum Gasteiger partial charge on any atom is -0.481 e. The van der Waals surface area contributed by atoms with Crippen LogP contribution in [0.4, 0.5) is 14.6 Å². The van der Waals surface area contributed by atoms with Gasteiger partial charge in [0.2, 0.25) is 0 Å². The summed E-state index contributed by atoms with van der Waals surface area (Å²) in [5.41, 5.74) is 1.16. The molecule has 8 nitrogen and oxygen atoms in total. The standard InChI is InChI=1S/C29H34ClF2N5O3/c1-14(2)11-36(16(5)15(3)4)26-10-23(17-6-21(31)28(30)22(32)7-17)33-25-9-24(34-37(25)26)29(40)35-12-19-18(8-27(38)39)20(19)13-35/h6-7,9-10,14-16,18-20H,8,11-13H2,1-5H3,(H,38,39)/t16-,18?,19-,20?/m1/s1. The third-order valence-corrected chi connectivity index (χ3v) is 8.65. The first-order chi connectivity index (χ1) is 18.8. The van der Waals surface area contributed by atoms with Crippen LogP contribution >= 0.6 is 11.6 Å². The molecule has 2 unspecified atom stereocenters. The molecule has 1 aliphatic carbocycles. The Morgan fingerprint density at radius 2 is 1.70 bits per heavy atom. The van der Waals surface area contributed by atoms with E-state index in [2.05, 4.69) is 49.6 Å². The maximum atomic E-state index is 14.4. The highest BCUT2D eigenvalue weighted by Crippen LogP contribution is 2.53. The Balaban J connectivity index is 1.56. The quantitative estimate of drug-likeness (QED) is 0.334. The van der Waals surface area contributed by atoms with Crippen molar-refractivity contribution in [1.82, 2.24) is 19.5 Å². The van der Waals surface area contributed by atoms with E-state index in [-0.39, 0.29) is 53.3 Å². The van der Waals surface area contributed by atoms with Crippen LogP contribution in [0.5, 0.6) is 0 Å². The molecule has 3 heterocycles. The molecule has 3 aromatic rings. The predicted molar refractivity (Wildman–Crippen MR) is 148 cm³/mol. The number of nitrogens with zero attached hydrogens (tertiary/aromatic N) is 5. The maximum Gasteiger partial charge on any atom is 0.303 e. The molecule has 1 N–H and O–H groups in total. The number of carboxylic acid groups (broad SMARTS) is 1. The minimum absolute atomic E-state index is 0.0831. The van der Waals surface area contributed by atoms with Crippen LogP contribution in [0.25, 0.3) is 16.9 Å². The van der Waals surface area contributed by atoms with Gasteiger partial charge in [0.15, 0.2) is 11.3 Å². The lowest BCUT2D eigenvalue weighted by molar-refractivity contribution is -0.137. The van der Waals surface area contributed by atoms with Crippen molar-refractivity contribution in [3.05, 3.63) is 46.6 Å². The highest BCUT2D eigenvalue weighted by Gasteiger charge is 2.57. The summed E-state index contributed by atoms with van der Waals surface area (Å²) in [6, 6.07) is 5.74. The van der Waals surface area contributed by atoms with Gasteiger partial charge in [0.25, 0.3) is 5.91 Å². The van der Waals surface area contributed by atoms with E-state index in [0.29, 0.717) is 42.7 Å². The second-order valence-electron chi connectivity index (χ2n) is 11.9. The van der Waals surface area contributed by atoms with Gasteiger partial charge in [-0.1, -0.05) is 39.3 Å². The molecule has 0 bridgehead atoms. The van der Waals surface area contributed by atoms with E-state index >= 15 is 0 Å². The van der Waals surface area contributed by atoms with Crippen LogP contribution in [-0.4, -0.2) is 62.2 Å². The van der Waals surface area contributed by atoms with Crippen LogP contribution in [0.2, 0.25) is 5.02 Å². The molecule has 2 aliphatic rings. The number of likely N-dealkylation sites (tertiary alicyclic amines) is 1. The number of aromatic nitrogens is 3. The number of hydrogen-bond donors (Lipinski definition) is 1. The number of benzene rings is 1. The Kier molecular flexibility index (Phi) is 7.50. The first-order valence-electron chi connectivity index (χ1n) is 13.7. The number of aliphatic carboxylic acids is 1. The molecule has 5 rings (SSSR count). The van der Waals surface area contributed by atoms with Gasteiger partial charge in [-0.15, -0.1) is 0 Å². The molecule has 1 saturated heterocycles. The third-order valence-electron chi connectivity index (χ3n) is 8.29. The van der Waals surface area contributed by atoms with Crippen LogP contribution in [0.15, 0.2) is 24.3 Å². The number of amides is 1. The summed E-state index contributed by atoms with van der Waals surface area (Å²) < 4.78 is 30.4. The molecule has 0 spiro atoms. The molecular weight excluding hydrogens is 540 g/mol. The van der Waals surface area contributed by atoms with Crippen LogP contribution in [0.3, 0.4) is 0 Å². The van der Waals surface area contributed by atoms with Gasteiger partial charge in [-0.3, -0.25) is 9.59 Å². The zero-order valence-corrected chi connectivity index (χ0v) is 24.0. The Bertz CT molecular complexity index is 1440. The highest BCUT2D eigenvalue weighted by atomic mass is 35.5. The maximum absolute atomic E-state index is 14.4. The van der Waals surface area contributed by atoms with Crippen LogP contribution < -0.4 is 4.90 Å². The van der Waals surface area contributed by atoms with Crippen molar-refractivity contribution in [1.29, 1.82) is 0 Å². The van der Waals surface area contributed by atoms with Crippen molar-refractivity contribution in [2.75, 3.05) is 24.5 Å². The fourth-order valence-electron chi connectivity index (χ4n) is 5.82. The lowest BCUT2D eigenvalue weighted by atomic mass is 10.0. The highest BCUT2D eigenvalue weighted by molar-refractivity contribution is 6.31. The molecule has 214 valence electrons. The number of carbonyl (C=O) groups is 2. The fraction of sp³-hybridized carbons (Fsp3) is 0.517. The van der Waals surface area contributed by atoms with Crippen molar-refractivity contribution in [3.8, 4) is 11.3 Å². The minimum atomic E-state index is -0.882. The zero-order chi connectivity index (χ0) is 29.0. The Morgan fingerprint density at radius 1 is 1.07 bits per heavy atom. The van der Waals surface area contributed by atoms with Crippen LogP contribution in [0.1, 0.15) is 51.5 Å². The Hall–Kier alpha value is -3.27. The summed E-state index contributed by atoms with van der Waals surface area (Å²) in [5, 5.41) is 13.2. The SMILES string of the molecule is CC(C)CN(c1cc(-c2cc(F)c(Cl)c(F)c2)nc2cc(C(=O)N3CC4C(CC(=O)O)[C@H]4C3)nn12)[C@H](C)C(C)C. The van der Waals surface area contributed by atoms with Gasteiger partial charge in [0.05, 0.1) is 5.69 Å². The molecule has 2 fully saturated rings. The molecule has 1 aliphatic heterocycles. The number of halogens is 3. The molecule has 1 aromatic carbocycles. The first-order valence-corrected chi connectivity index (χ1v) is 14.1. The van der Waals surface area contributed by atoms with Crippen LogP contribution in [-0.2, 0) is 4.79 Å². The predicted octanol–water partition coefficient (Wildman–Crippen LogP) is 5.63. The summed E-state index contributed by atoms with van der Waals surface area (Å²) in [4.78, 5) is 33.1. The van der Waals surface area contributed by atoms with Gasteiger partial charge in [-0.05, 0) is 48.6 Å². The van der Waals surface area contributed by atoms with Crippen molar-refractivity contribution in [3.63, 3.8) is 0 Å². The number of hydrogen-bond acceptors (Lipinski definition) is 5. The van der Waals surface area contributed by atoms with Gasteiger partial charge in [-0.25, -0.2) is 13.8 Å². The van der Waals surface area contributed by atoms with E-state index in [4.69, 9.17) is 16.7 Å². The molecule has 4 atom stereocenters. The van der Waals surface area contributed by atoms with Gasteiger partial charge >= 0.3 is 5.97 Å². The van der Waals surface area contributed by atoms with Crippen molar-refractivity contribution >= 4 is 34.9 Å².